The summed E-state index contributed by atoms with van der Waals surface area (Å²) in [5.41, 5.74) is 1.99. The third kappa shape index (κ3) is 5.03. The first-order chi connectivity index (χ1) is 15.5. The molecule has 1 amide bonds. The lowest BCUT2D eigenvalue weighted by Crippen LogP contribution is -2.25. The van der Waals surface area contributed by atoms with E-state index in [0.29, 0.717) is 5.69 Å². The van der Waals surface area contributed by atoms with E-state index >= 15 is 0 Å². The van der Waals surface area contributed by atoms with Gasteiger partial charge in [-0.05, 0) is 43.2 Å². The third-order valence-electron chi connectivity index (χ3n) is 5.42. The molecule has 4 rings (SSSR count). The number of carbonyl (C=O) groups is 1. The molecule has 0 radical (unpaired) electrons. The molecule has 0 aliphatic carbocycles. The highest BCUT2D eigenvalue weighted by Crippen LogP contribution is 2.25. The molecule has 0 unspecified atom stereocenters. The average molecular weight is 452 g/mol. The Balaban J connectivity index is 1.45. The Labute approximate surface area is 190 Å². The molecule has 164 valence electrons. The normalized spacial score (nSPS) is 14.0. The molecule has 1 saturated heterocycles. The molecule has 8 nitrogen and oxygen atoms in total. The van der Waals surface area contributed by atoms with Gasteiger partial charge in [0.1, 0.15) is 0 Å². The highest BCUT2D eigenvalue weighted by atomic mass is 35.5. The molecule has 32 heavy (non-hydrogen) atoms. The number of aromatic nitrogens is 2. The van der Waals surface area contributed by atoms with Crippen LogP contribution in [-0.4, -0.2) is 34.1 Å². The van der Waals surface area contributed by atoms with Crippen molar-refractivity contribution in [2.24, 2.45) is 0 Å². The van der Waals surface area contributed by atoms with E-state index < -0.39 is 10.8 Å². The summed E-state index contributed by atoms with van der Waals surface area (Å²) in [7, 11) is 0. The van der Waals surface area contributed by atoms with Gasteiger partial charge in [0.15, 0.2) is 5.82 Å². The minimum Gasteiger partial charge on any atom is -0.355 e. The maximum Gasteiger partial charge on any atom is 0.270 e. The van der Waals surface area contributed by atoms with Gasteiger partial charge in [0.25, 0.3) is 11.6 Å². The van der Waals surface area contributed by atoms with Crippen LogP contribution in [0.15, 0.2) is 54.6 Å². The zero-order chi connectivity index (χ0) is 22.5. The monoisotopic (exact) mass is 451 g/mol. The number of hydrogen-bond donors (Lipinski definition) is 1. The van der Waals surface area contributed by atoms with Gasteiger partial charge >= 0.3 is 0 Å². The SMILES string of the molecule is O=C(Nc1ccc(-c2ccc(N3CCCCCC3)nn2)cc1)c1cc([N+](=O)[O-])ccc1Cl. The van der Waals surface area contributed by atoms with E-state index in [4.69, 9.17) is 11.6 Å². The van der Waals surface area contributed by atoms with Gasteiger partial charge in [-0.25, -0.2) is 0 Å². The van der Waals surface area contributed by atoms with Crippen molar-refractivity contribution in [3.05, 3.63) is 75.3 Å². The summed E-state index contributed by atoms with van der Waals surface area (Å²) >= 11 is 6.04. The number of nitro benzene ring substituents is 1. The molecule has 2 heterocycles. The number of non-ortho nitro benzene ring substituents is 1. The minimum atomic E-state index is -0.568. The molecular weight excluding hydrogens is 430 g/mol. The molecular formula is C23H22ClN5O3. The summed E-state index contributed by atoms with van der Waals surface area (Å²) in [5.74, 6) is 0.376. The minimum absolute atomic E-state index is 0.0416. The highest BCUT2D eigenvalue weighted by Gasteiger charge is 2.16. The van der Waals surface area contributed by atoms with E-state index in [0.717, 1.165) is 36.2 Å². The maximum absolute atomic E-state index is 12.5. The number of benzene rings is 2. The second-order valence-corrected chi connectivity index (χ2v) is 8.04. The Morgan fingerprint density at radius 3 is 2.31 bits per heavy atom. The number of anilines is 2. The van der Waals surface area contributed by atoms with Gasteiger partial charge in [-0.15, -0.1) is 10.2 Å². The quantitative estimate of drug-likeness (QED) is 0.415. The summed E-state index contributed by atoms with van der Waals surface area (Å²) in [6.07, 6.45) is 4.88. The summed E-state index contributed by atoms with van der Waals surface area (Å²) in [6, 6.07) is 14.8. The van der Waals surface area contributed by atoms with E-state index in [9.17, 15) is 14.9 Å². The van der Waals surface area contributed by atoms with Crippen LogP contribution in [0.5, 0.6) is 0 Å². The Morgan fingerprint density at radius 1 is 0.969 bits per heavy atom. The number of hydrogen-bond acceptors (Lipinski definition) is 6. The molecule has 1 aromatic heterocycles. The number of nitrogens with one attached hydrogen (secondary N) is 1. The number of nitrogens with zero attached hydrogens (tertiary/aromatic N) is 4. The fourth-order valence-electron chi connectivity index (χ4n) is 3.67. The second kappa shape index (κ2) is 9.74. The molecule has 1 aliphatic rings. The third-order valence-corrected chi connectivity index (χ3v) is 5.75. The number of nitro groups is 1. The summed E-state index contributed by atoms with van der Waals surface area (Å²) in [5, 5.41) is 22.6. The molecule has 0 saturated carbocycles. The second-order valence-electron chi connectivity index (χ2n) is 7.63. The molecule has 3 aromatic rings. The summed E-state index contributed by atoms with van der Waals surface area (Å²) < 4.78 is 0. The molecule has 1 N–H and O–H groups in total. The predicted molar refractivity (Wildman–Crippen MR) is 124 cm³/mol. The molecule has 0 bridgehead atoms. The van der Waals surface area contributed by atoms with Crippen LogP contribution >= 0.6 is 11.6 Å². The Kier molecular flexibility index (Phi) is 6.61. The zero-order valence-electron chi connectivity index (χ0n) is 17.3. The maximum atomic E-state index is 12.5. The van der Waals surface area contributed by atoms with Crippen LogP contribution in [0.1, 0.15) is 36.0 Å². The van der Waals surface area contributed by atoms with Crippen molar-refractivity contribution in [1.82, 2.24) is 10.2 Å². The van der Waals surface area contributed by atoms with Gasteiger partial charge in [-0.3, -0.25) is 14.9 Å². The molecule has 1 aliphatic heterocycles. The molecule has 2 aromatic carbocycles. The van der Waals surface area contributed by atoms with Gasteiger partial charge in [0.2, 0.25) is 0 Å². The largest absolute Gasteiger partial charge is 0.355 e. The van der Waals surface area contributed by atoms with Crippen molar-refractivity contribution < 1.29 is 9.72 Å². The van der Waals surface area contributed by atoms with E-state index in [2.05, 4.69) is 20.4 Å². The Morgan fingerprint density at radius 2 is 1.69 bits per heavy atom. The lowest BCUT2D eigenvalue weighted by atomic mass is 10.1. The van der Waals surface area contributed by atoms with Crippen LogP contribution in [0.25, 0.3) is 11.3 Å². The summed E-state index contributed by atoms with van der Waals surface area (Å²) in [4.78, 5) is 25.2. The van der Waals surface area contributed by atoms with Gasteiger partial charge in [-0.2, -0.15) is 0 Å². The first-order valence-electron chi connectivity index (χ1n) is 10.5. The lowest BCUT2D eigenvalue weighted by Gasteiger charge is -2.20. The van der Waals surface area contributed by atoms with Crippen LogP contribution < -0.4 is 10.2 Å². The standard InChI is InChI=1S/C23H22ClN5O3/c24-20-10-9-18(29(31)32)15-19(20)23(30)25-17-7-5-16(6-8-17)21-11-12-22(27-26-21)28-13-3-1-2-4-14-28/h5-12,15H,1-4,13-14H2,(H,25,30). The van der Waals surface area contributed by atoms with Crippen LogP contribution in [0.4, 0.5) is 17.2 Å². The van der Waals surface area contributed by atoms with Crippen molar-refractivity contribution in [2.45, 2.75) is 25.7 Å². The van der Waals surface area contributed by atoms with Crippen LogP contribution in [0.2, 0.25) is 5.02 Å². The predicted octanol–water partition coefficient (Wildman–Crippen LogP) is 5.34. The van der Waals surface area contributed by atoms with Gasteiger partial charge in [-0.1, -0.05) is 36.6 Å². The van der Waals surface area contributed by atoms with Gasteiger partial charge < -0.3 is 10.2 Å². The zero-order valence-corrected chi connectivity index (χ0v) is 18.1. The van der Waals surface area contributed by atoms with Gasteiger partial charge in [0, 0.05) is 36.5 Å². The first-order valence-corrected chi connectivity index (χ1v) is 10.8. The van der Waals surface area contributed by atoms with Gasteiger partial charge in [0.05, 0.1) is 21.2 Å². The Bertz CT molecular complexity index is 1110. The molecule has 0 spiro atoms. The molecule has 1 fully saturated rings. The van der Waals surface area contributed by atoms with E-state index in [1.165, 1.54) is 37.8 Å². The molecule has 9 heteroatoms. The van der Waals surface area contributed by atoms with E-state index in [-0.39, 0.29) is 16.3 Å². The first kappa shape index (κ1) is 21.7. The van der Waals surface area contributed by atoms with Crippen LogP contribution in [0, 0.1) is 10.1 Å². The fourth-order valence-corrected chi connectivity index (χ4v) is 3.87. The molecule has 0 atom stereocenters. The van der Waals surface area contributed by atoms with Crippen LogP contribution in [0.3, 0.4) is 0 Å². The van der Waals surface area contributed by atoms with Crippen molar-refractivity contribution in [1.29, 1.82) is 0 Å². The number of rotatable bonds is 5. The van der Waals surface area contributed by atoms with Crippen LogP contribution in [-0.2, 0) is 0 Å². The number of amides is 1. The fraction of sp³-hybridized carbons (Fsp3) is 0.261. The lowest BCUT2D eigenvalue weighted by molar-refractivity contribution is -0.384. The van der Waals surface area contributed by atoms with Crippen molar-refractivity contribution in [2.75, 3.05) is 23.3 Å². The van der Waals surface area contributed by atoms with Crippen molar-refractivity contribution in [3.63, 3.8) is 0 Å². The smallest absolute Gasteiger partial charge is 0.270 e. The van der Waals surface area contributed by atoms with E-state index in [1.54, 1.807) is 12.1 Å². The van der Waals surface area contributed by atoms with Crippen molar-refractivity contribution in [3.8, 4) is 11.3 Å². The average Bonchev–Trinajstić information content (AvgIpc) is 3.09. The van der Waals surface area contributed by atoms with E-state index in [1.807, 2.05) is 24.3 Å². The number of halogens is 1. The topological polar surface area (TPSA) is 101 Å². The number of carbonyl (C=O) groups excluding carboxylic acids is 1. The highest BCUT2D eigenvalue weighted by molar-refractivity contribution is 6.34. The Hall–Kier alpha value is -3.52. The summed E-state index contributed by atoms with van der Waals surface area (Å²) in [6.45, 7) is 2.02. The van der Waals surface area contributed by atoms with Crippen molar-refractivity contribution >= 4 is 34.7 Å².